The third-order valence-corrected chi connectivity index (χ3v) is 6.53. The molecule has 0 saturated heterocycles. The van der Waals surface area contributed by atoms with Crippen molar-refractivity contribution in [1.82, 2.24) is 0 Å². The molecule has 20 heavy (non-hydrogen) atoms. The molecule has 3 heteroatoms. The molecule has 0 aliphatic rings. The minimum absolute atomic E-state index is 0.242. The maximum atomic E-state index is 5.66. The molecule has 0 aliphatic carbocycles. The fourth-order valence-corrected chi connectivity index (χ4v) is 3.97. The topological polar surface area (TPSA) is 9.23 Å². The summed E-state index contributed by atoms with van der Waals surface area (Å²) in [6.45, 7) is 13.2. The molecule has 0 fully saturated rings. The molecule has 1 nitrogen and oxygen atoms in total. The van der Waals surface area contributed by atoms with Gasteiger partial charge in [-0.15, -0.1) is 0 Å². The van der Waals surface area contributed by atoms with Gasteiger partial charge in [-0.05, 0) is 44.4 Å². The summed E-state index contributed by atoms with van der Waals surface area (Å²) < 4.78 is 6.01. The molecule has 0 N–H and O–H groups in total. The van der Waals surface area contributed by atoms with E-state index in [2.05, 4.69) is 65.8 Å². The number of rotatable bonds is 7. The van der Waals surface area contributed by atoms with Crippen LogP contribution in [0.1, 0.15) is 53.5 Å². The molecule has 1 aromatic rings. The predicted molar refractivity (Wildman–Crippen MR) is 94.9 cm³/mol. The second kappa shape index (κ2) is 8.23. The van der Waals surface area contributed by atoms with Gasteiger partial charge in [-0.3, -0.25) is 0 Å². The van der Waals surface area contributed by atoms with Gasteiger partial charge in [0.15, 0.2) is 0 Å². The largest absolute Gasteiger partial charge is 0.491 e. The van der Waals surface area contributed by atoms with Crippen LogP contribution in [0, 0.1) is 0 Å². The van der Waals surface area contributed by atoms with E-state index in [4.69, 9.17) is 4.74 Å². The Morgan fingerprint density at radius 3 is 2.15 bits per heavy atom. The molecule has 0 saturated carbocycles. The maximum Gasteiger partial charge on any atom is 0.119 e. The number of benzene rings is 1. The molecule has 1 unspecified atom stereocenters. The molecule has 0 spiro atoms. The van der Waals surface area contributed by atoms with Crippen molar-refractivity contribution in [2.75, 3.05) is 0 Å². The van der Waals surface area contributed by atoms with Gasteiger partial charge in [-0.1, -0.05) is 61.4 Å². The lowest BCUT2D eigenvalue weighted by Gasteiger charge is -2.19. The van der Waals surface area contributed by atoms with Crippen LogP contribution in [-0.4, -0.2) is 16.1 Å². The van der Waals surface area contributed by atoms with Gasteiger partial charge >= 0.3 is 0 Å². The monoisotopic (exact) mass is 312 g/mol. The van der Waals surface area contributed by atoms with E-state index in [1.165, 1.54) is 12.0 Å². The molecule has 0 heterocycles. The van der Waals surface area contributed by atoms with E-state index in [9.17, 15) is 0 Å². The molecular weight excluding hydrogens is 284 g/mol. The Morgan fingerprint density at radius 1 is 1.05 bits per heavy atom. The minimum Gasteiger partial charge on any atom is -0.491 e. The summed E-state index contributed by atoms with van der Waals surface area (Å²) in [4.78, 5) is 0. The van der Waals surface area contributed by atoms with Crippen molar-refractivity contribution >= 4 is 21.6 Å². The Labute approximate surface area is 132 Å². The molecule has 0 aromatic heterocycles. The average Bonchev–Trinajstić information content (AvgIpc) is 2.34. The maximum absolute atomic E-state index is 5.66. The van der Waals surface area contributed by atoms with E-state index in [-0.39, 0.29) is 6.10 Å². The van der Waals surface area contributed by atoms with Gasteiger partial charge in [-0.25, -0.2) is 0 Å². The SMILES string of the molecule is CC(C)Oc1ccc(CCC(C)SSC(C)(C)C)cc1. The van der Waals surface area contributed by atoms with Crippen LogP contribution in [0.3, 0.4) is 0 Å². The van der Waals surface area contributed by atoms with Gasteiger partial charge < -0.3 is 4.74 Å². The molecule has 0 radical (unpaired) electrons. The number of hydrogen-bond acceptors (Lipinski definition) is 3. The van der Waals surface area contributed by atoms with E-state index < -0.39 is 0 Å². The Hall–Kier alpha value is -0.280. The van der Waals surface area contributed by atoms with E-state index in [1.54, 1.807) is 0 Å². The van der Waals surface area contributed by atoms with Crippen molar-refractivity contribution in [2.45, 2.75) is 70.5 Å². The van der Waals surface area contributed by atoms with Gasteiger partial charge in [0.05, 0.1) is 6.10 Å². The Morgan fingerprint density at radius 2 is 1.65 bits per heavy atom. The van der Waals surface area contributed by atoms with Crippen LogP contribution >= 0.6 is 21.6 Å². The first-order valence-electron chi connectivity index (χ1n) is 7.36. The highest BCUT2D eigenvalue weighted by Crippen LogP contribution is 2.39. The molecule has 0 amide bonds. The van der Waals surface area contributed by atoms with Crippen LogP contribution in [0.5, 0.6) is 5.75 Å². The predicted octanol–water partition coefficient (Wildman–Crippen LogP) is 5.97. The van der Waals surface area contributed by atoms with Crippen molar-refractivity contribution in [3.8, 4) is 5.75 Å². The smallest absolute Gasteiger partial charge is 0.119 e. The zero-order valence-electron chi connectivity index (χ0n) is 13.6. The number of hydrogen-bond donors (Lipinski definition) is 0. The summed E-state index contributed by atoms with van der Waals surface area (Å²) in [5.74, 6) is 0.967. The van der Waals surface area contributed by atoms with Gasteiger partial charge in [0.1, 0.15) is 5.75 Å². The fourth-order valence-electron chi connectivity index (χ4n) is 1.65. The zero-order chi connectivity index (χ0) is 15.2. The quantitative estimate of drug-likeness (QED) is 0.574. The van der Waals surface area contributed by atoms with Gasteiger partial charge in [0.25, 0.3) is 0 Å². The highest BCUT2D eigenvalue weighted by molar-refractivity contribution is 8.77. The molecule has 1 aromatic carbocycles. The molecule has 0 bridgehead atoms. The zero-order valence-corrected chi connectivity index (χ0v) is 15.2. The lowest BCUT2D eigenvalue weighted by Crippen LogP contribution is -2.07. The molecule has 1 atom stereocenters. The summed E-state index contributed by atoms with van der Waals surface area (Å²) in [5, 5.41) is 0.686. The van der Waals surface area contributed by atoms with E-state index in [1.807, 2.05) is 21.6 Å². The second-order valence-electron chi connectivity index (χ2n) is 6.45. The van der Waals surface area contributed by atoms with Crippen molar-refractivity contribution in [3.63, 3.8) is 0 Å². The highest BCUT2D eigenvalue weighted by Gasteiger charge is 2.14. The van der Waals surface area contributed by atoms with Crippen LogP contribution in [0.25, 0.3) is 0 Å². The first kappa shape index (κ1) is 17.8. The molecule has 0 aliphatic heterocycles. The van der Waals surface area contributed by atoms with E-state index >= 15 is 0 Å². The summed E-state index contributed by atoms with van der Waals surface area (Å²) in [6.07, 6.45) is 2.60. The van der Waals surface area contributed by atoms with Crippen molar-refractivity contribution in [3.05, 3.63) is 29.8 Å². The number of ether oxygens (including phenoxy) is 1. The van der Waals surface area contributed by atoms with Crippen LogP contribution in [0.15, 0.2) is 24.3 Å². The molecular formula is C17H28OS2. The van der Waals surface area contributed by atoms with Gasteiger partial charge in [0.2, 0.25) is 0 Å². The van der Waals surface area contributed by atoms with Crippen LogP contribution in [-0.2, 0) is 6.42 Å². The lowest BCUT2D eigenvalue weighted by atomic mass is 10.1. The standard InChI is InChI=1S/C17H28OS2/c1-13(2)18-16-11-9-15(10-12-16)8-7-14(3)19-20-17(4,5)6/h9-14H,7-8H2,1-6H3. The average molecular weight is 313 g/mol. The lowest BCUT2D eigenvalue weighted by molar-refractivity contribution is 0.242. The van der Waals surface area contributed by atoms with E-state index in [0.29, 0.717) is 10.00 Å². The first-order chi connectivity index (χ1) is 9.26. The van der Waals surface area contributed by atoms with Crippen molar-refractivity contribution < 1.29 is 4.74 Å². The van der Waals surface area contributed by atoms with Crippen LogP contribution in [0.2, 0.25) is 0 Å². The van der Waals surface area contributed by atoms with Crippen molar-refractivity contribution in [1.29, 1.82) is 0 Å². The normalized spacial score (nSPS) is 13.6. The van der Waals surface area contributed by atoms with Gasteiger partial charge in [0, 0.05) is 10.00 Å². The Balaban J connectivity index is 2.34. The second-order valence-corrected chi connectivity index (χ2v) is 9.92. The summed E-state index contributed by atoms with van der Waals surface area (Å²) in [7, 11) is 3.99. The third-order valence-electron chi connectivity index (χ3n) is 2.60. The fraction of sp³-hybridized carbons (Fsp3) is 0.647. The van der Waals surface area contributed by atoms with E-state index in [0.717, 1.165) is 12.2 Å². The molecule has 1 rings (SSSR count). The van der Waals surface area contributed by atoms with Crippen LogP contribution in [0.4, 0.5) is 0 Å². The highest BCUT2D eigenvalue weighted by atomic mass is 33.1. The summed E-state index contributed by atoms with van der Waals surface area (Å²) in [5.41, 5.74) is 1.40. The van der Waals surface area contributed by atoms with Crippen LogP contribution < -0.4 is 4.74 Å². The Bertz CT molecular complexity index is 379. The van der Waals surface area contributed by atoms with Gasteiger partial charge in [-0.2, -0.15) is 0 Å². The Kier molecular flexibility index (Phi) is 7.32. The summed E-state index contributed by atoms with van der Waals surface area (Å²) >= 11 is 0. The first-order valence-corrected chi connectivity index (χ1v) is 9.57. The number of aryl methyl sites for hydroxylation is 1. The summed E-state index contributed by atoms with van der Waals surface area (Å²) in [6, 6.07) is 8.53. The van der Waals surface area contributed by atoms with Crippen molar-refractivity contribution in [2.24, 2.45) is 0 Å². The molecule has 114 valence electrons. The minimum atomic E-state index is 0.242. The third kappa shape index (κ3) is 8.11.